The van der Waals surface area contributed by atoms with Gasteiger partial charge in [0, 0.05) is 38.2 Å². The van der Waals surface area contributed by atoms with Crippen molar-refractivity contribution in [3.8, 4) is 0 Å². The van der Waals surface area contributed by atoms with Crippen LogP contribution in [0.3, 0.4) is 0 Å². The Bertz CT molecular complexity index is 722. The standard InChI is InChI=1S/C19H26N4O4/c20-7-2-9-27-10-8-21-11-13-3-1-4-14-15(13)12-23(19(14)26)16-5-6-17(24)22-18(16)25/h1,3-4,16,21H,2,5-12,20H2,(H,22,24,25). The van der Waals surface area contributed by atoms with Crippen LogP contribution in [0.15, 0.2) is 18.2 Å². The van der Waals surface area contributed by atoms with Gasteiger partial charge in [0.25, 0.3) is 5.91 Å². The number of nitrogens with one attached hydrogen (secondary N) is 2. The fourth-order valence-electron chi connectivity index (χ4n) is 3.47. The monoisotopic (exact) mass is 374 g/mol. The maximum Gasteiger partial charge on any atom is 0.255 e. The lowest BCUT2D eigenvalue weighted by Crippen LogP contribution is -2.52. The number of piperidine rings is 1. The third-order valence-corrected chi connectivity index (χ3v) is 4.91. The first-order valence-electron chi connectivity index (χ1n) is 9.35. The molecular weight excluding hydrogens is 348 g/mol. The van der Waals surface area contributed by atoms with Crippen LogP contribution < -0.4 is 16.4 Å². The van der Waals surface area contributed by atoms with Crippen LogP contribution in [0.1, 0.15) is 40.7 Å². The molecule has 0 radical (unpaired) electrons. The van der Waals surface area contributed by atoms with Gasteiger partial charge in [0.15, 0.2) is 0 Å². The van der Waals surface area contributed by atoms with E-state index >= 15 is 0 Å². The van der Waals surface area contributed by atoms with Gasteiger partial charge >= 0.3 is 0 Å². The van der Waals surface area contributed by atoms with Gasteiger partial charge in [-0.2, -0.15) is 0 Å². The summed E-state index contributed by atoms with van der Waals surface area (Å²) in [6.45, 7) is 3.62. The second kappa shape index (κ2) is 9.07. The molecule has 2 heterocycles. The Hall–Kier alpha value is -2.29. The van der Waals surface area contributed by atoms with Gasteiger partial charge in [-0.1, -0.05) is 12.1 Å². The largest absolute Gasteiger partial charge is 0.380 e. The summed E-state index contributed by atoms with van der Waals surface area (Å²) in [5.74, 6) is -0.813. The average molecular weight is 374 g/mol. The van der Waals surface area contributed by atoms with Crippen molar-refractivity contribution in [3.05, 3.63) is 34.9 Å². The highest BCUT2D eigenvalue weighted by atomic mass is 16.5. The topological polar surface area (TPSA) is 114 Å². The molecule has 3 amide bonds. The van der Waals surface area contributed by atoms with Crippen LogP contribution in [0.5, 0.6) is 0 Å². The number of fused-ring (bicyclic) bond motifs is 1. The molecule has 0 spiro atoms. The van der Waals surface area contributed by atoms with E-state index in [0.29, 0.717) is 51.4 Å². The summed E-state index contributed by atoms with van der Waals surface area (Å²) >= 11 is 0. The maximum absolute atomic E-state index is 12.8. The minimum Gasteiger partial charge on any atom is -0.380 e. The van der Waals surface area contributed by atoms with Gasteiger partial charge in [0.1, 0.15) is 6.04 Å². The minimum atomic E-state index is -0.584. The third-order valence-electron chi connectivity index (χ3n) is 4.91. The summed E-state index contributed by atoms with van der Waals surface area (Å²) in [7, 11) is 0. The second-order valence-corrected chi connectivity index (χ2v) is 6.77. The fourth-order valence-corrected chi connectivity index (χ4v) is 3.47. The van der Waals surface area contributed by atoms with E-state index in [-0.39, 0.29) is 24.1 Å². The van der Waals surface area contributed by atoms with Crippen LogP contribution >= 0.6 is 0 Å². The minimum absolute atomic E-state index is 0.147. The predicted molar refractivity (Wildman–Crippen MR) is 98.7 cm³/mol. The van der Waals surface area contributed by atoms with Crippen molar-refractivity contribution in [1.29, 1.82) is 0 Å². The van der Waals surface area contributed by atoms with Gasteiger partial charge in [-0.15, -0.1) is 0 Å². The lowest BCUT2D eigenvalue weighted by molar-refractivity contribution is -0.136. The zero-order valence-electron chi connectivity index (χ0n) is 15.3. The van der Waals surface area contributed by atoms with E-state index in [1.807, 2.05) is 12.1 Å². The second-order valence-electron chi connectivity index (χ2n) is 6.77. The normalized spacial score (nSPS) is 19.4. The van der Waals surface area contributed by atoms with Gasteiger partial charge in [0.05, 0.1) is 6.61 Å². The molecule has 1 fully saturated rings. The number of rotatable bonds is 9. The molecule has 4 N–H and O–H groups in total. The number of amides is 3. The molecular formula is C19H26N4O4. The highest BCUT2D eigenvalue weighted by molar-refractivity contribution is 6.05. The summed E-state index contributed by atoms with van der Waals surface area (Å²) in [5, 5.41) is 5.65. The predicted octanol–water partition coefficient (Wildman–Crippen LogP) is -0.0974. The molecule has 8 nitrogen and oxygen atoms in total. The number of nitrogens with two attached hydrogens (primary N) is 1. The summed E-state index contributed by atoms with van der Waals surface area (Å²) in [5.41, 5.74) is 8.04. The van der Waals surface area contributed by atoms with Crippen LogP contribution in [0.2, 0.25) is 0 Å². The third kappa shape index (κ3) is 4.52. The fraction of sp³-hybridized carbons (Fsp3) is 0.526. The van der Waals surface area contributed by atoms with Gasteiger partial charge < -0.3 is 20.7 Å². The summed E-state index contributed by atoms with van der Waals surface area (Å²) in [4.78, 5) is 37.8. The van der Waals surface area contributed by atoms with Crippen molar-refractivity contribution in [2.45, 2.75) is 38.4 Å². The Morgan fingerprint density at radius 3 is 2.89 bits per heavy atom. The molecule has 1 saturated heterocycles. The highest BCUT2D eigenvalue weighted by Crippen LogP contribution is 2.29. The Labute approximate surface area is 158 Å². The SMILES string of the molecule is NCCCOCCNCc1cccc2c1CN(C1CCC(=O)NC1=O)C2=O. The number of ether oxygens (including phenoxy) is 1. The maximum atomic E-state index is 12.8. The van der Waals surface area contributed by atoms with Crippen molar-refractivity contribution < 1.29 is 19.1 Å². The smallest absolute Gasteiger partial charge is 0.255 e. The molecule has 2 aliphatic rings. The highest BCUT2D eigenvalue weighted by Gasteiger charge is 2.39. The summed E-state index contributed by atoms with van der Waals surface area (Å²) in [6.07, 6.45) is 1.48. The molecule has 1 unspecified atom stereocenters. The lowest BCUT2D eigenvalue weighted by Gasteiger charge is -2.29. The van der Waals surface area contributed by atoms with Gasteiger partial charge in [-0.25, -0.2) is 0 Å². The molecule has 1 atom stereocenters. The molecule has 3 rings (SSSR count). The van der Waals surface area contributed by atoms with Gasteiger partial charge in [0.2, 0.25) is 11.8 Å². The number of carbonyl (C=O) groups excluding carboxylic acids is 3. The van der Waals surface area contributed by atoms with Crippen molar-refractivity contribution in [2.24, 2.45) is 5.73 Å². The molecule has 2 aliphatic heterocycles. The lowest BCUT2D eigenvalue weighted by atomic mass is 10.0. The first-order valence-corrected chi connectivity index (χ1v) is 9.35. The van der Waals surface area contributed by atoms with Crippen LogP contribution in [0, 0.1) is 0 Å². The average Bonchev–Trinajstić information content (AvgIpc) is 2.98. The van der Waals surface area contributed by atoms with E-state index in [1.165, 1.54) is 0 Å². The number of benzene rings is 1. The first kappa shape index (κ1) is 19.5. The Morgan fingerprint density at radius 2 is 2.11 bits per heavy atom. The van der Waals surface area contributed by atoms with E-state index in [1.54, 1.807) is 11.0 Å². The zero-order chi connectivity index (χ0) is 19.2. The number of nitrogens with zero attached hydrogens (tertiary/aromatic N) is 1. The molecule has 146 valence electrons. The quantitative estimate of drug-likeness (QED) is 0.411. The molecule has 27 heavy (non-hydrogen) atoms. The Morgan fingerprint density at radius 1 is 1.26 bits per heavy atom. The molecule has 1 aromatic carbocycles. The molecule has 8 heteroatoms. The number of hydrogen-bond acceptors (Lipinski definition) is 6. The van der Waals surface area contributed by atoms with Gasteiger partial charge in [-0.05, 0) is 36.6 Å². The van der Waals surface area contributed by atoms with E-state index in [4.69, 9.17) is 10.5 Å². The molecule has 0 bridgehead atoms. The molecule has 0 aliphatic carbocycles. The van der Waals surface area contributed by atoms with E-state index in [2.05, 4.69) is 10.6 Å². The number of imide groups is 1. The zero-order valence-corrected chi connectivity index (χ0v) is 15.3. The molecule has 0 saturated carbocycles. The van der Waals surface area contributed by atoms with Crippen molar-refractivity contribution >= 4 is 17.7 Å². The summed E-state index contributed by atoms with van der Waals surface area (Å²) < 4.78 is 5.46. The first-order chi connectivity index (χ1) is 13.1. The van der Waals surface area contributed by atoms with Crippen LogP contribution in [-0.4, -0.2) is 55.0 Å². The molecule has 1 aromatic rings. The van der Waals surface area contributed by atoms with Crippen molar-refractivity contribution in [2.75, 3.05) is 26.3 Å². The number of hydrogen-bond donors (Lipinski definition) is 3. The van der Waals surface area contributed by atoms with Crippen LogP contribution in [0.25, 0.3) is 0 Å². The Balaban J connectivity index is 1.59. The summed E-state index contributed by atoms with van der Waals surface area (Å²) in [6, 6.07) is 5.06. The van der Waals surface area contributed by atoms with E-state index in [9.17, 15) is 14.4 Å². The molecule has 0 aromatic heterocycles. The Kier molecular flexibility index (Phi) is 6.54. The van der Waals surface area contributed by atoms with Crippen molar-refractivity contribution in [1.82, 2.24) is 15.5 Å². The van der Waals surface area contributed by atoms with Crippen LogP contribution in [-0.2, 0) is 27.4 Å². The van der Waals surface area contributed by atoms with E-state index < -0.39 is 6.04 Å². The van der Waals surface area contributed by atoms with E-state index in [0.717, 1.165) is 17.5 Å². The van der Waals surface area contributed by atoms with Crippen LogP contribution in [0.4, 0.5) is 0 Å². The van der Waals surface area contributed by atoms with Gasteiger partial charge in [-0.3, -0.25) is 19.7 Å². The number of carbonyl (C=O) groups is 3. The van der Waals surface area contributed by atoms with Crippen molar-refractivity contribution in [3.63, 3.8) is 0 Å².